The van der Waals surface area contributed by atoms with Crippen LogP contribution in [-0.4, -0.2) is 17.0 Å². The number of nitrogens with one attached hydrogen (secondary N) is 2. The molecule has 0 unspecified atom stereocenters. The van der Waals surface area contributed by atoms with Crippen molar-refractivity contribution < 1.29 is 9.66 Å². The van der Waals surface area contributed by atoms with Crippen LogP contribution >= 0.6 is 0 Å². The topological polar surface area (TPSA) is 80.2 Å². The normalized spacial score (nSPS) is 17.9. The van der Waals surface area contributed by atoms with Crippen LogP contribution in [0.4, 0.5) is 11.4 Å². The highest BCUT2D eigenvalue weighted by atomic mass is 16.6. The number of rotatable bonds is 4. The van der Waals surface area contributed by atoms with Crippen molar-refractivity contribution in [3.05, 3.63) is 99.7 Å². The maximum Gasteiger partial charge on any atom is 0.269 e. The van der Waals surface area contributed by atoms with Gasteiger partial charge in [0.25, 0.3) is 5.69 Å². The number of fused-ring (bicyclic) bond motifs is 2. The largest absolute Gasteiger partial charge is 0.497 e. The number of ether oxygens (including phenoxy) is 1. The van der Waals surface area contributed by atoms with Crippen molar-refractivity contribution in [2.45, 2.75) is 18.4 Å². The number of H-pyrrole nitrogens is 1. The highest BCUT2D eigenvalue weighted by molar-refractivity contribution is 5.81. The van der Waals surface area contributed by atoms with Gasteiger partial charge in [-0.05, 0) is 53.3 Å². The van der Waals surface area contributed by atoms with Crippen molar-refractivity contribution in [1.82, 2.24) is 4.98 Å². The van der Waals surface area contributed by atoms with Crippen LogP contribution in [0.3, 0.4) is 0 Å². The molecular weight excluding hydrogens is 378 g/mol. The van der Waals surface area contributed by atoms with Crippen LogP contribution < -0.4 is 10.1 Å². The summed E-state index contributed by atoms with van der Waals surface area (Å²) < 4.78 is 5.47. The van der Waals surface area contributed by atoms with E-state index in [4.69, 9.17) is 4.74 Å². The number of aromatic nitrogens is 1. The molecule has 2 N–H and O–H groups in total. The van der Waals surface area contributed by atoms with Crippen LogP contribution in [0.1, 0.15) is 35.2 Å². The zero-order valence-electron chi connectivity index (χ0n) is 16.5. The number of nitro benzene ring substituents is 1. The van der Waals surface area contributed by atoms with E-state index in [2.05, 4.69) is 34.6 Å². The minimum atomic E-state index is -0.368. The lowest BCUT2D eigenvalue weighted by atomic mass is 9.82. The highest BCUT2D eigenvalue weighted by Gasteiger charge is 2.30. The van der Waals surface area contributed by atoms with E-state index < -0.39 is 0 Å². The number of nitrogens with zero attached hydrogens (tertiary/aromatic N) is 1. The first kappa shape index (κ1) is 18.2. The van der Waals surface area contributed by atoms with Crippen molar-refractivity contribution in [2.24, 2.45) is 0 Å². The summed E-state index contributed by atoms with van der Waals surface area (Å²) in [7, 11) is 1.68. The zero-order chi connectivity index (χ0) is 20.7. The molecule has 3 aromatic carbocycles. The fraction of sp³-hybridized carbons (Fsp3) is 0.167. The Morgan fingerprint density at radius 1 is 1.03 bits per heavy atom. The Kier molecular flexibility index (Phi) is 4.39. The average molecular weight is 399 g/mol. The molecule has 6 nitrogen and oxygen atoms in total. The number of hydrogen-bond donors (Lipinski definition) is 2. The average Bonchev–Trinajstić information content (AvgIpc) is 3.22. The van der Waals surface area contributed by atoms with Crippen LogP contribution in [0, 0.1) is 10.1 Å². The first-order chi connectivity index (χ1) is 14.6. The Hall–Kier alpha value is -3.80. The summed E-state index contributed by atoms with van der Waals surface area (Å²) in [5, 5.41) is 15.8. The summed E-state index contributed by atoms with van der Waals surface area (Å²) in [6.07, 6.45) is 0.824. The van der Waals surface area contributed by atoms with E-state index in [0.29, 0.717) is 0 Å². The lowest BCUT2D eigenvalue weighted by molar-refractivity contribution is -0.384. The van der Waals surface area contributed by atoms with Gasteiger partial charge in [0.1, 0.15) is 5.75 Å². The van der Waals surface area contributed by atoms with E-state index in [1.54, 1.807) is 19.2 Å². The van der Waals surface area contributed by atoms with E-state index >= 15 is 0 Å². The van der Waals surface area contributed by atoms with Crippen molar-refractivity contribution in [1.29, 1.82) is 0 Å². The zero-order valence-corrected chi connectivity index (χ0v) is 16.5. The molecule has 4 aromatic rings. The summed E-state index contributed by atoms with van der Waals surface area (Å²) in [5.41, 5.74) is 5.63. The van der Waals surface area contributed by atoms with Gasteiger partial charge in [0.15, 0.2) is 0 Å². The fourth-order valence-electron chi connectivity index (χ4n) is 4.32. The second-order valence-corrected chi connectivity index (χ2v) is 7.60. The molecule has 0 spiro atoms. The minimum absolute atomic E-state index is 0.0445. The summed E-state index contributed by atoms with van der Waals surface area (Å²) >= 11 is 0. The molecule has 30 heavy (non-hydrogen) atoms. The highest BCUT2D eigenvalue weighted by Crippen LogP contribution is 2.45. The number of non-ortho nitro benzene ring substituents is 1. The van der Waals surface area contributed by atoms with Crippen LogP contribution in [0.5, 0.6) is 5.75 Å². The van der Waals surface area contributed by atoms with Gasteiger partial charge in [-0.3, -0.25) is 10.1 Å². The van der Waals surface area contributed by atoms with Crippen LogP contribution in [0.2, 0.25) is 0 Å². The SMILES string of the molecule is COc1ccc2c(c1)[C@H](c1cc3ccccc3[nH]1)C[C@H](c1ccc([N+](=O)[O-])cc1)N2. The third-order valence-electron chi connectivity index (χ3n) is 5.87. The number of nitro groups is 1. The van der Waals surface area contributed by atoms with Gasteiger partial charge in [-0.2, -0.15) is 0 Å². The molecule has 0 radical (unpaired) electrons. The molecule has 5 rings (SSSR count). The lowest BCUT2D eigenvalue weighted by Crippen LogP contribution is -2.22. The van der Waals surface area contributed by atoms with Crippen molar-refractivity contribution in [3.63, 3.8) is 0 Å². The first-order valence-corrected chi connectivity index (χ1v) is 9.89. The van der Waals surface area contributed by atoms with Gasteiger partial charge in [-0.15, -0.1) is 0 Å². The molecular formula is C24H21N3O3. The van der Waals surface area contributed by atoms with E-state index in [1.165, 1.54) is 10.9 Å². The number of anilines is 1. The summed E-state index contributed by atoms with van der Waals surface area (Å²) in [5.74, 6) is 0.967. The Balaban J connectivity index is 1.58. The van der Waals surface area contributed by atoms with Gasteiger partial charge in [0, 0.05) is 34.9 Å². The second-order valence-electron chi connectivity index (χ2n) is 7.60. The third-order valence-corrected chi connectivity index (χ3v) is 5.87. The Morgan fingerprint density at radius 3 is 2.57 bits per heavy atom. The Labute approximate surface area is 173 Å². The van der Waals surface area contributed by atoms with E-state index in [1.807, 2.05) is 36.4 Å². The third kappa shape index (κ3) is 3.16. The Morgan fingerprint density at radius 2 is 1.83 bits per heavy atom. The quantitative estimate of drug-likeness (QED) is 0.337. The van der Waals surface area contributed by atoms with Gasteiger partial charge in [-0.25, -0.2) is 0 Å². The second kappa shape index (κ2) is 7.22. The van der Waals surface area contributed by atoms with E-state index in [-0.39, 0.29) is 22.6 Å². The molecule has 0 fully saturated rings. The monoisotopic (exact) mass is 399 g/mol. The molecule has 0 saturated carbocycles. The fourth-order valence-corrected chi connectivity index (χ4v) is 4.32. The van der Waals surface area contributed by atoms with Crippen molar-refractivity contribution >= 4 is 22.3 Å². The van der Waals surface area contributed by atoms with Gasteiger partial charge in [0.05, 0.1) is 18.1 Å². The molecule has 2 heterocycles. The number of aromatic amines is 1. The number of hydrogen-bond acceptors (Lipinski definition) is 4. The van der Waals surface area contributed by atoms with Gasteiger partial charge in [0.2, 0.25) is 0 Å². The number of benzene rings is 3. The Bertz CT molecular complexity index is 1200. The number of methoxy groups -OCH3 is 1. The van der Waals surface area contributed by atoms with Crippen molar-refractivity contribution in [3.8, 4) is 5.75 Å². The van der Waals surface area contributed by atoms with E-state index in [0.717, 1.165) is 34.6 Å². The summed E-state index contributed by atoms with van der Waals surface area (Å²) in [6.45, 7) is 0. The predicted octanol–water partition coefficient (Wildman–Crippen LogP) is 5.77. The maximum absolute atomic E-state index is 11.0. The number of para-hydroxylation sites is 1. The molecule has 2 atom stereocenters. The smallest absolute Gasteiger partial charge is 0.269 e. The molecule has 0 saturated heterocycles. The lowest BCUT2D eigenvalue weighted by Gasteiger charge is -2.33. The maximum atomic E-state index is 11.0. The summed E-state index contributed by atoms with van der Waals surface area (Å²) in [6, 6.07) is 23.4. The first-order valence-electron chi connectivity index (χ1n) is 9.89. The predicted molar refractivity (Wildman–Crippen MR) is 117 cm³/mol. The van der Waals surface area contributed by atoms with Gasteiger partial charge < -0.3 is 15.0 Å². The van der Waals surface area contributed by atoms with Crippen LogP contribution in [0.25, 0.3) is 10.9 Å². The molecule has 150 valence electrons. The molecule has 0 bridgehead atoms. The standard InChI is InChI=1S/C24H21N3O3/c1-30-18-10-11-22-19(13-18)20(24-12-16-4-2-3-5-21(16)25-24)14-23(26-22)15-6-8-17(9-7-15)27(28)29/h2-13,20,23,25-26H,14H2,1H3/t20-,23-/m1/s1. The van der Waals surface area contributed by atoms with Crippen LogP contribution in [-0.2, 0) is 0 Å². The molecule has 6 heteroatoms. The van der Waals surface area contributed by atoms with Crippen LogP contribution in [0.15, 0.2) is 72.8 Å². The van der Waals surface area contributed by atoms with E-state index in [9.17, 15) is 10.1 Å². The van der Waals surface area contributed by atoms with Gasteiger partial charge in [-0.1, -0.05) is 30.3 Å². The molecule has 1 aromatic heterocycles. The van der Waals surface area contributed by atoms with Crippen molar-refractivity contribution in [2.75, 3.05) is 12.4 Å². The molecule has 0 aliphatic carbocycles. The van der Waals surface area contributed by atoms with Gasteiger partial charge >= 0.3 is 0 Å². The summed E-state index contributed by atoms with van der Waals surface area (Å²) in [4.78, 5) is 14.2. The molecule has 0 amide bonds. The molecule has 1 aliphatic rings. The molecule has 1 aliphatic heterocycles. The minimum Gasteiger partial charge on any atom is -0.497 e.